The Bertz CT molecular complexity index is 1100. The summed E-state index contributed by atoms with van der Waals surface area (Å²) in [6, 6.07) is 12.4. The van der Waals surface area contributed by atoms with Gasteiger partial charge in [0, 0.05) is 19.2 Å². The van der Waals surface area contributed by atoms with E-state index in [1.54, 1.807) is 19.2 Å². The molecule has 8 nitrogen and oxygen atoms in total. The summed E-state index contributed by atoms with van der Waals surface area (Å²) in [7, 11) is 1.62. The van der Waals surface area contributed by atoms with Crippen molar-refractivity contribution in [1.29, 1.82) is 0 Å². The normalized spacial score (nSPS) is 16.2. The lowest BCUT2D eigenvalue weighted by Crippen LogP contribution is -2.31. The van der Waals surface area contributed by atoms with Crippen molar-refractivity contribution in [3.63, 3.8) is 0 Å². The Morgan fingerprint density at radius 3 is 2.80 bits per heavy atom. The van der Waals surface area contributed by atoms with Gasteiger partial charge in [-0.05, 0) is 41.8 Å². The molecule has 1 aliphatic heterocycles. The third kappa shape index (κ3) is 4.03. The summed E-state index contributed by atoms with van der Waals surface area (Å²) in [6.07, 6.45) is 0.771. The maximum absolute atomic E-state index is 12.5. The number of imidazole rings is 1. The molecule has 3 N–H and O–H groups in total. The molecule has 1 aromatic heterocycles. The molecule has 2 heterocycles. The Hall–Kier alpha value is -3.68. The number of carbonyl (C=O) groups excluding carboxylic acids is 2. The Balaban J connectivity index is 1.55. The third-order valence-electron chi connectivity index (χ3n) is 5.39. The van der Waals surface area contributed by atoms with Crippen LogP contribution in [0.1, 0.15) is 35.8 Å². The first-order chi connectivity index (χ1) is 14.4. The number of aromatic nitrogens is 2. The van der Waals surface area contributed by atoms with E-state index in [0.717, 1.165) is 22.2 Å². The maximum atomic E-state index is 12.5. The standard InChI is InChI=1S/C22H22N4O4/c1-26-18(11-22(29)30)15-10-14(8-6-13(15)7-9-21(26)28)23-20(27)12-19-24-16-4-2-3-5-17(16)25-19/h2-6,8,10,18H,7,9,11-12H2,1H3,(H,23,27)(H,24,25)(H,29,30). The van der Waals surface area contributed by atoms with Gasteiger partial charge in [-0.2, -0.15) is 0 Å². The number of hydrogen-bond donors (Lipinski definition) is 3. The number of amides is 2. The topological polar surface area (TPSA) is 115 Å². The molecule has 2 aromatic carbocycles. The molecule has 154 valence electrons. The number of aromatic amines is 1. The van der Waals surface area contributed by atoms with Gasteiger partial charge in [-0.3, -0.25) is 14.4 Å². The summed E-state index contributed by atoms with van der Waals surface area (Å²) < 4.78 is 0. The molecule has 0 radical (unpaired) electrons. The van der Waals surface area contributed by atoms with E-state index < -0.39 is 12.0 Å². The second-order valence-corrected chi connectivity index (χ2v) is 7.46. The molecule has 8 heteroatoms. The number of nitrogens with zero attached hydrogens (tertiary/aromatic N) is 2. The van der Waals surface area contributed by atoms with Crippen LogP contribution in [0.4, 0.5) is 5.69 Å². The van der Waals surface area contributed by atoms with Crippen LogP contribution >= 0.6 is 0 Å². The highest BCUT2D eigenvalue weighted by Gasteiger charge is 2.29. The van der Waals surface area contributed by atoms with Crippen molar-refractivity contribution >= 4 is 34.5 Å². The number of para-hydroxylation sites is 2. The van der Waals surface area contributed by atoms with E-state index in [9.17, 15) is 19.5 Å². The number of aliphatic carboxylic acids is 1. The molecule has 0 saturated carbocycles. The smallest absolute Gasteiger partial charge is 0.305 e. The summed E-state index contributed by atoms with van der Waals surface area (Å²) in [5, 5.41) is 12.2. The Morgan fingerprint density at radius 1 is 1.23 bits per heavy atom. The Labute approximate surface area is 172 Å². The quantitative estimate of drug-likeness (QED) is 0.603. The molecular weight excluding hydrogens is 384 g/mol. The van der Waals surface area contributed by atoms with Crippen LogP contribution in [0, 0.1) is 0 Å². The lowest BCUT2D eigenvalue weighted by Gasteiger charge is -2.26. The predicted molar refractivity (Wildman–Crippen MR) is 111 cm³/mol. The maximum Gasteiger partial charge on any atom is 0.305 e. The summed E-state index contributed by atoms with van der Waals surface area (Å²) in [5.74, 6) is -0.737. The van der Waals surface area contributed by atoms with Gasteiger partial charge < -0.3 is 20.3 Å². The van der Waals surface area contributed by atoms with Crippen LogP contribution in [0.3, 0.4) is 0 Å². The molecule has 0 fully saturated rings. The molecule has 30 heavy (non-hydrogen) atoms. The van der Waals surface area contributed by atoms with Crippen molar-refractivity contribution in [3.05, 3.63) is 59.4 Å². The van der Waals surface area contributed by atoms with Crippen molar-refractivity contribution in [2.24, 2.45) is 0 Å². The lowest BCUT2D eigenvalue weighted by molar-refractivity contribution is -0.140. The number of carboxylic acid groups (broad SMARTS) is 1. The summed E-state index contributed by atoms with van der Waals surface area (Å²) >= 11 is 0. The van der Waals surface area contributed by atoms with E-state index in [-0.39, 0.29) is 24.7 Å². The van der Waals surface area contributed by atoms with Crippen LogP contribution in [-0.2, 0) is 27.2 Å². The molecule has 1 atom stereocenters. The van der Waals surface area contributed by atoms with Crippen LogP contribution < -0.4 is 5.32 Å². The van der Waals surface area contributed by atoms with Crippen molar-refractivity contribution in [1.82, 2.24) is 14.9 Å². The molecule has 0 spiro atoms. The number of hydrogen-bond acceptors (Lipinski definition) is 4. The highest BCUT2D eigenvalue weighted by molar-refractivity contribution is 5.92. The van der Waals surface area contributed by atoms with Gasteiger partial charge in [0.1, 0.15) is 5.82 Å². The number of anilines is 1. The van der Waals surface area contributed by atoms with Gasteiger partial charge in [-0.1, -0.05) is 18.2 Å². The van der Waals surface area contributed by atoms with Gasteiger partial charge in [-0.15, -0.1) is 0 Å². The number of nitrogens with one attached hydrogen (secondary N) is 2. The number of fused-ring (bicyclic) bond motifs is 2. The largest absolute Gasteiger partial charge is 0.481 e. The van der Waals surface area contributed by atoms with Crippen LogP contribution in [0.25, 0.3) is 11.0 Å². The fraction of sp³-hybridized carbons (Fsp3) is 0.273. The number of rotatable bonds is 5. The molecule has 0 saturated heterocycles. The first kappa shape index (κ1) is 19.6. The minimum absolute atomic E-state index is 0.0860. The van der Waals surface area contributed by atoms with E-state index in [2.05, 4.69) is 15.3 Å². The van der Waals surface area contributed by atoms with Gasteiger partial charge in [0.15, 0.2) is 0 Å². The number of carbonyl (C=O) groups is 3. The van der Waals surface area contributed by atoms with Crippen LogP contribution in [-0.4, -0.2) is 44.8 Å². The molecule has 1 aliphatic rings. The first-order valence-electron chi connectivity index (χ1n) is 9.74. The van der Waals surface area contributed by atoms with Crippen molar-refractivity contribution in [3.8, 4) is 0 Å². The second-order valence-electron chi connectivity index (χ2n) is 7.46. The number of carboxylic acids is 1. The Kier molecular flexibility index (Phi) is 5.22. The molecular formula is C22H22N4O4. The number of benzene rings is 2. The Morgan fingerprint density at radius 2 is 2.03 bits per heavy atom. The molecule has 3 aromatic rings. The van der Waals surface area contributed by atoms with Gasteiger partial charge in [0.05, 0.1) is 29.9 Å². The van der Waals surface area contributed by atoms with Gasteiger partial charge >= 0.3 is 5.97 Å². The zero-order valence-electron chi connectivity index (χ0n) is 16.5. The van der Waals surface area contributed by atoms with Gasteiger partial charge in [0.2, 0.25) is 11.8 Å². The van der Waals surface area contributed by atoms with Gasteiger partial charge in [0.25, 0.3) is 0 Å². The second kappa shape index (κ2) is 7.98. The van der Waals surface area contributed by atoms with Crippen LogP contribution in [0.2, 0.25) is 0 Å². The minimum atomic E-state index is -0.980. The lowest BCUT2D eigenvalue weighted by atomic mass is 9.95. The monoisotopic (exact) mass is 406 g/mol. The molecule has 0 aliphatic carbocycles. The van der Waals surface area contributed by atoms with Crippen LogP contribution in [0.15, 0.2) is 42.5 Å². The average molecular weight is 406 g/mol. The molecule has 1 unspecified atom stereocenters. The van der Waals surface area contributed by atoms with Crippen molar-refractivity contribution in [2.45, 2.75) is 31.7 Å². The summed E-state index contributed by atoms with van der Waals surface area (Å²) in [5.41, 5.74) is 3.92. The highest BCUT2D eigenvalue weighted by Crippen LogP contribution is 2.33. The molecule has 4 rings (SSSR count). The van der Waals surface area contributed by atoms with Crippen LogP contribution in [0.5, 0.6) is 0 Å². The first-order valence-corrected chi connectivity index (χ1v) is 9.74. The SMILES string of the molecule is CN1C(=O)CCc2ccc(NC(=O)Cc3nc4ccccc4[nH]3)cc2C1CC(=O)O. The minimum Gasteiger partial charge on any atom is -0.481 e. The van der Waals surface area contributed by atoms with Crippen molar-refractivity contribution < 1.29 is 19.5 Å². The van der Waals surface area contributed by atoms with E-state index in [1.807, 2.05) is 30.3 Å². The predicted octanol–water partition coefficient (Wildman–Crippen LogP) is 2.66. The number of H-pyrrole nitrogens is 1. The fourth-order valence-electron chi connectivity index (χ4n) is 3.87. The molecule has 2 amide bonds. The van der Waals surface area contributed by atoms with Gasteiger partial charge in [-0.25, -0.2) is 4.98 Å². The van der Waals surface area contributed by atoms with E-state index >= 15 is 0 Å². The van der Waals surface area contributed by atoms with E-state index in [4.69, 9.17) is 0 Å². The summed E-state index contributed by atoms with van der Waals surface area (Å²) in [6.45, 7) is 0. The van der Waals surface area contributed by atoms with E-state index in [1.165, 1.54) is 4.90 Å². The number of aryl methyl sites for hydroxylation is 1. The fourth-order valence-corrected chi connectivity index (χ4v) is 3.87. The average Bonchev–Trinajstić information content (AvgIpc) is 3.07. The highest BCUT2D eigenvalue weighted by atomic mass is 16.4. The van der Waals surface area contributed by atoms with Crippen molar-refractivity contribution in [2.75, 3.05) is 12.4 Å². The van der Waals surface area contributed by atoms with E-state index in [0.29, 0.717) is 24.4 Å². The summed E-state index contributed by atoms with van der Waals surface area (Å²) in [4.78, 5) is 45.2. The zero-order chi connectivity index (χ0) is 21.3. The zero-order valence-corrected chi connectivity index (χ0v) is 16.5. The molecule has 0 bridgehead atoms. The third-order valence-corrected chi connectivity index (χ3v) is 5.39.